The molecule has 0 saturated carbocycles. The van der Waals surface area contributed by atoms with Gasteiger partial charge in [0.25, 0.3) is 0 Å². The quantitative estimate of drug-likeness (QED) is 0.0625. The van der Waals surface area contributed by atoms with E-state index in [1.54, 1.807) is 0 Å². The van der Waals surface area contributed by atoms with Crippen molar-refractivity contribution in [1.82, 2.24) is 0 Å². The van der Waals surface area contributed by atoms with Crippen LogP contribution in [0.3, 0.4) is 0 Å². The molecule has 26 nitrogen and oxygen atoms in total. The molecule has 0 aromatic rings. The van der Waals surface area contributed by atoms with Gasteiger partial charge in [0.05, 0.1) is 330 Å². The molecule has 566 valence electrons. The van der Waals surface area contributed by atoms with Crippen LogP contribution in [0, 0.1) is 0 Å². The molecule has 0 heterocycles. The zero-order valence-electron chi connectivity index (χ0n) is 59.0. The Morgan fingerprint density at radius 2 is 0.213 bits per heavy atom. The maximum atomic E-state index is 8.62. The molecule has 26 heteroatoms. The summed E-state index contributed by atoms with van der Waals surface area (Å²) < 4.78 is 138. The Morgan fingerprint density at radius 3 is 0.330 bits per heavy atom. The first-order valence-corrected chi connectivity index (χ1v) is 36.0. The van der Waals surface area contributed by atoms with E-state index >= 15 is 0 Å². The van der Waals surface area contributed by atoms with Crippen LogP contribution >= 0.6 is 0 Å². The summed E-state index contributed by atoms with van der Waals surface area (Å²) in [5.74, 6) is 0. The van der Waals surface area contributed by atoms with E-state index in [1.165, 1.54) is 96.3 Å². The lowest BCUT2D eigenvalue weighted by Gasteiger charge is -2.09. The van der Waals surface area contributed by atoms with Crippen LogP contribution in [-0.2, 0) is 118 Å². The van der Waals surface area contributed by atoms with Crippen molar-refractivity contribution in [2.45, 2.75) is 110 Å². The topological polar surface area (TPSA) is 251 Å². The van der Waals surface area contributed by atoms with Crippen LogP contribution < -0.4 is 0 Å². The third-order valence-corrected chi connectivity index (χ3v) is 13.3. The molecule has 0 bridgehead atoms. The maximum absolute atomic E-state index is 8.62. The molecule has 0 aromatic carbocycles. The summed E-state index contributed by atoms with van der Waals surface area (Å²) in [4.78, 5) is 0. The molecule has 0 amide bonds. The first-order valence-electron chi connectivity index (χ1n) is 36.0. The lowest BCUT2D eigenvalue weighted by molar-refractivity contribution is -0.0321. The summed E-state index contributed by atoms with van der Waals surface area (Å²) >= 11 is 0. The summed E-state index contributed by atoms with van der Waals surface area (Å²) in [6, 6.07) is 0. The highest BCUT2D eigenvalue weighted by molar-refractivity contribution is 4.51. The lowest BCUT2D eigenvalue weighted by atomic mass is 10.0. The molecule has 0 aliphatic carbocycles. The fourth-order valence-electron chi connectivity index (χ4n) is 8.20. The summed E-state index contributed by atoms with van der Waals surface area (Å²) in [7, 11) is 0. The normalized spacial score (nSPS) is 11.8. The molecular weight excluding hydrogens is 1230 g/mol. The van der Waals surface area contributed by atoms with Crippen LogP contribution in [0.15, 0.2) is 0 Å². The van der Waals surface area contributed by atoms with Gasteiger partial charge < -0.3 is 124 Å². The van der Waals surface area contributed by atoms with Gasteiger partial charge in [0.15, 0.2) is 0 Å². The van der Waals surface area contributed by atoms with Crippen molar-refractivity contribution >= 4 is 0 Å². The second kappa shape index (κ2) is 92.0. The average molecular weight is 1370 g/mol. The zero-order chi connectivity index (χ0) is 67.1. The molecule has 0 aliphatic heterocycles. The number of aliphatic hydroxyl groups excluding tert-OH is 1. The molecule has 0 aromatic heterocycles. The van der Waals surface area contributed by atoms with E-state index < -0.39 is 0 Å². The Labute approximate surface area is 568 Å². The van der Waals surface area contributed by atoms with Crippen LogP contribution in [0.25, 0.3) is 0 Å². The Hall–Kier alpha value is -1.04. The minimum atomic E-state index is 0.0181. The van der Waals surface area contributed by atoms with Gasteiger partial charge in [-0.15, -0.1) is 0 Å². The van der Waals surface area contributed by atoms with Crippen molar-refractivity contribution in [3.63, 3.8) is 0 Å². The first-order chi connectivity index (χ1) is 46.9. The summed E-state index contributed by atoms with van der Waals surface area (Å²) in [6.07, 6.45) is 22.1. The number of hydrogen-bond donors (Lipinski definition) is 1. The van der Waals surface area contributed by atoms with Crippen molar-refractivity contribution in [1.29, 1.82) is 0 Å². The van der Waals surface area contributed by atoms with Crippen LogP contribution in [-0.4, -0.2) is 342 Å². The molecule has 1 N–H and O–H groups in total. The van der Waals surface area contributed by atoms with Gasteiger partial charge in [0, 0.05) is 6.61 Å². The van der Waals surface area contributed by atoms with E-state index in [0.717, 1.165) is 13.0 Å². The van der Waals surface area contributed by atoms with Crippen LogP contribution in [0.5, 0.6) is 0 Å². The number of rotatable bonds is 91. The van der Waals surface area contributed by atoms with Crippen LogP contribution in [0.2, 0.25) is 0 Å². The van der Waals surface area contributed by atoms with Crippen molar-refractivity contribution in [3.05, 3.63) is 0 Å². The third-order valence-electron chi connectivity index (χ3n) is 13.3. The van der Waals surface area contributed by atoms with Crippen molar-refractivity contribution in [2.24, 2.45) is 0 Å². The minimum absolute atomic E-state index is 0.0181. The minimum Gasteiger partial charge on any atom is -0.394 e. The van der Waals surface area contributed by atoms with E-state index in [4.69, 9.17) is 124 Å². The molecule has 0 atom stereocenters. The molecule has 0 unspecified atom stereocenters. The van der Waals surface area contributed by atoms with E-state index in [-0.39, 0.29) is 6.61 Å². The van der Waals surface area contributed by atoms with E-state index in [0.29, 0.717) is 324 Å². The molecule has 0 fully saturated rings. The fraction of sp³-hybridized carbons (Fsp3) is 1.00. The highest BCUT2D eigenvalue weighted by atomic mass is 16.6. The Bertz CT molecular complexity index is 1190. The molecule has 0 saturated heterocycles. The van der Waals surface area contributed by atoms with Crippen molar-refractivity contribution < 1.29 is 124 Å². The van der Waals surface area contributed by atoms with Crippen LogP contribution in [0.1, 0.15) is 110 Å². The Balaban J connectivity index is 3.09. The standard InChI is InChI=1S/C68H138O26/c1-2-3-4-5-6-7-8-9-10-11-12-13-14-15-16-17-19-70-21-23-72-25-27-74-29-31-76-33-35-78-37-39-80-41-43-82-45-47-84-49-51-86-53-55-88-57-59-90-61-63-92-65-67-94-68-66-93-64-62-91-60-58-89-56-54-87-52-50-85-48-46-83-44-42-81-40-38-79-36-34-77-32-30-75-28-26-73-24-22-71-20-18-69/h69H,2-68H2,1H3. The number of aliphatic hydroxyl groups is 1. The average Bonchev–Trinajstić information content (AvgIpc) is 3.59. The summed E-state index contributed by atoms with van der Waals surface area (Å²) in [6.45, 7) is 27.5. The highest BCUT2D eigenvalue weighted by Gasteiger charge is 2.02. The SMILES string of the molecule is CCCCCCCCCCCCCCCCCCOCCOCCOCCOCCOCCOCCOCCOCCOCCOCCOCCOCCOCCOCCOCCOCCOCCOCCOCCOCCOCCOCCOCCOCCOCCO. The highest BCUT2D eigenvalue weighted by Crippen LogP contribution is 2.14. The monoisotopic (exact) mass is 1370 g/mol. The number of ether oxygens (including phenoxy) is 25. The summed E-state index contributed by atoms with van der Waals surface area (Å²) in [5.41, 5.74) is 0. The Kier molecular flexibility index (Phi) is 90.9. The molecular formula is C68H138O26. The smallest absolute Gasteiger partial charge is 0.0701 e. The van der Waals surface area contributed by atoms with Crippen LogP contribution in [0.4, 0.5) is 0 Å². The fourth-order valence-corrected chi connectivity index (χ4v) is 8.20. The van der Waals surface area contributed by atoms with Gasteiger partial charge >= 0.3 is 0 Å². The van der Waals surface area contributed by atoms with Gasteiger partial charge in [-0.3, -0.25) is 0 Å². The number of unbranched alkanes of at least 4 members (excludes halogenated alkanes) is 15. The molecule has 94 heavy (non-hydrogen) atoms. The Morgan fingerprint density at radius 1 is 0.117 bits per heavy atom. The van der Waals surface area contributed by atoms with E-state index in [2.05, 4.69) is 6.92 Å². The zero-order valence-corrected chi connectivity index (χ0v) is 59.0. The lowest BCUT2D eigenvalue weighted by Crippen LogP contribution is -2.16. The maximum Gasteiger partial charge on any atom is 0.0701 e. The van der Waals surface area contributed by atoms with Gasteiger partial charge in [-0.05, 0) is 6.42 Å². The summed E-state index contributed by atoms with van der Waals surface area (Å²) in [5, 5.41) is 8.62. The van der Waals surface area contributed by atoms with Gasteiger partial charge in [0.1, 0.15) is 0 Å². The predicted octanol–water partition coefficient (Wildman–Crippen LogP) is 6.66. The second-order valence-corrected chi connectivity index (χ2v) is 21.3. The van der Waals surface area contributed by atoms with Crippen molar-refractivity contribution in [2.75, 3.05) is 337 Å². The van der Waals surface area contributed by atoms with E-state index in [1.807, 2.05) is 0 Å². The first kappa shape index (κ1) is 93.0. The molecule has 0 spiro atoms. The van der Waals surface area contributed by atoms with Crippen molar-refractivity contribution in [3.8, 4) is 0 Å². The van der Waals surface area contributed by atoms with Gasteiger partial charge in [-0.2, -0.15) is 0 Å². The largest absolute Gasteiger partial charge is 0.394 e. The predicted molar refractivity (Wildman–Crippen MR) is 357 cm³/mol. The third kappa shape index (κ3) is 91.0. The van der Waals surface area contributed by atoms with Gasteiger partial charge in [0.2, 0.25) is 0 Å². The van der Waals surface area contributed by atoms with Gasteiger partial charge in [-0.1, -0.05) is 103 Å². The molecule has 0 radical (unpaired) electrons. The second-order valence-electron chi connectivity index (χ2n) is 21.3. The van der Waals surface area contributed by atoms with Gasteiger partial charge in [-0.25, -0.2) is 0 Å². The van der Waals surface area contributed by atoms with E-state index in [9.17, 15) is 0 Å². The number of hydrogen-bond acceptors (Lipinski definition) is 26. The molecule has 0 rings (SSSR count). The molecule has 0 aliphatic rings.